The Bertz CT molecular complexity index is 832. The molecule has 1 saturated heterocycles. The number of fused-ring (bicyclic) bond motifs is 1. The zero-order chi connectivity index (χ0) is 18.1. The summed E-state index contributed by atoms with van der Waals surface area (Å²) in [6.45, 7) is 0.723. The number of nitriles is 1. The van der Waals surface area contributed by atoms with Crippen molar-refractivity contribution in [2.45, 2.75) is 50.5 Å². The standard InChI is InChI=1S/C17H19F2N5O2/c18-14(19)10-24-13-7-15(21-9-12(13)23-16(24)8-20)22-11-1-3-17(4-2-11)25-5-6-26-17/h7,9,11,14H,1-6,10H2,(H,21,22). The van der Waals surface area contributed by atoms with Crippen LogP contribution < -0.4 is 5.32 Å². The van der Waals surface area contributed by atoms with Crippen LogP contribution in [0.3, 0.4) is 0 Å². The van der Waals surface area contributed by atoms with Crippen molar-refractivity contribution in [3.63, 3.8) is 0 Å². The molecule has 4 rings (SSSR count). The molecule has 138 valence electrons. The third-order valence-electron chi connectivity index (χ3n) is 4.97. The fraction of sp³-hybridized carbons (Fsp3) is 0.588. The van der Waals surface area contributed by atoms with Crippen LogP contribution in [0.1, 0.15) is 31.5 Å². The minimum Gasteiger partial charge on any atom is -0.367 e. The van der Waals surface area contributed by atoms with E-state index in [0.29, 0.717) is 30.1 Å². The van der Waals surface area contributed by atoms with E-state index < -0.39 is 18.8 Å². The second-order valence-electron chi connectivity index (χ2n) is 6.63. The minimum absolute atomic E-state index is 0.0330. The molecule has 1 aliphatic carbocycles. The summed E-state index contributed by atoms with van der Waals surface area (Å²) in [5.74, 6) is 0.133. The summed E-state index contributed by atoms with van der Waals surface area (Å²) in [5, 5.41) is 12.5. The summed E-state index contributed by atoms with van der Waals surface area (Å²) in [6.07, 6.45) is 2.32. The summed E-state index contributed by atoms with van der Waals surface area (Å²) in [5.41, 5.74) is 0.914. The fourth-order valence-corrected chi connectivity index (χ4v) is 3.71. The zero-order valence-electron chi connectivity index (χ0n) is 14.1. The normalized spacial score (nSPS) is 20.1. The highest BCUT2D eigenvalue weighted by molar-refractivity contribution is 5.78. The molecular weight excluding hydrogens is 344 g/mol. The summed E-state index contributed by atoms with van der Waals surface area (Å²) in [7, 11) is 0. The molecular formula is C17H19F2N5O2. The molecule has 0 radical (unpaired) electrons. The van der Waals surface area contributed by atoms with Crippen LogP contribution in [-0.2, 0) is 16.0 Å². The first-order valence-corrected chi connectivity index (χ1v) is 8.67. The number of alkyl halides is 2. The zero-order valence-corrected chi connectivity index (χ0v) is 14.1. The van der Waals surface area contributed by atoms with Gasteiger partial charge in [0.1, 0.15) is 17.4 Å². The molecule has 0 unspecified atom stereocenters. The van der Waals surface area contributed by atoms with Gasteiger partial charge in [-0.1, -0.05) is 0 Å². The van der Waals surface area contributed by atoms with Crippen molar-refractivity contribution >= 4 is 16.9 Å². The van der Waals surface area contributed by atoms with Gasteiger partial charge >= 0.3 is 0 Å². The molecule has 0 aromatic carbocycles. The van der Waals surface area contributed by atoms with E-state index in [0.717, 1.165) is 25.7 Å². The van der Waals surface area contributed by atoms with Crippen LogP contribution in [0.2, 0.25) is 0 Å². The number of imidazole rings is 1. The highest BCUT2D eigenvalue weighted by Crippen LogP contribution is 2.36. The maximum absolute atomic E-state index is 12.8. The Labute approximate surface area is 148 Å². The largest absolute Gasteiger partial charge is 0.367 e. The molecule has 2 aromatic heterocycles. The first-order chi connectivity index (χ1) is 12.6. The van der Waals surface area contributed by atoms with Gasteiger partial charge in [-0.05, 0) is 12.8 Å². The first-order valence-electron chi connectivity index (χ1n) is 8.67. The Morgan fingerprint density at radius 2 is 2.08 bits per heavy atom. The lowest BCUT2D eigenvalue weighted by Gasteiger charge is -2.35. The highest BCUT2D eigenvalue weighted by atomic mass is 19.3. The van der Waals surface area contributed by atoms with Crippen molar-refractivity contribution in [3.05, 3.63) is 18.1 Å². The van der Waals surface area contributed by atoms with Crippen LogP contribution in [-0.4, -0.2) is 46.0 Å². The maximum Gasteiger partial charge on any atom is 0.256 e. The van der Waals surface area contributed by atoms with Crippen LogP contribution >= 0.6 is 0 Å². The molecule has 9 heteroatoms. The number of pyridine rings is 1. The van der Waals surface area contributed by atoms with Crippen molar-refractivity contribution in [2.24, 2.45) is 0 Å². The van der Waals surface area contributed by atoms with E-state index in [1.807, 2.05) is 6.07 Å². The number of nitrogens with one attached hydrogen (secondary N) is 1. The molecule has 1 spiro atoms. The lowest BCUT2D eigenvalue weighted by molar-refractivity contribution is -0.177. The number of anilines is 1. The van der Waals surface area contributed by atoms with Gasteiger partial charge in [0.15, 0.2) is 5.79 Å². The molecule has 26 heavy (non-hydrogen) atoms. The number of nitrogens with zero attached hydrogens (tertiary/aromatic N) is 4. The molecule has 2 aliphatic rings. The minimum atomic E-state index is -2.56. The number of hydrogen-bond acceptors (Lipinski definition) is 6. The number of aromatic nitrogens is 3. The molecule has 7 nitrogen and oxygen atoms in total. The molecule has 1 saturated carbocycles. The van der Waals surface area contributed by atoms with Crippen molar-refractivity contribution < 1.29 is 18.3 Å². The number of hydrogen-bond donors (Lipinski definition) is 1. The number of ether oxygens (including phenoxy) is 2. The average molecular weight is 363 g/mol. The van der Waals surface area contributed by atoms with Gasteiger partial charge in [0.2, 0.25) is 5.82 Å². The monoisotopic (exact) mass is 363 g/mol. The predicted molar refractivity (Wildman–Crippen MR) is 88.8 cm³/mol. The maximum atomic E-state index is 12.8. The van der Waals surface area contributed by atoms with Crippen molar-refractivity contribution in [1.29, 1.82) is 5.26 Å². The van der Waals surface area contributed by atoms with Crippen LogP contribution in [0, 0.1) is 11.3 Å². The topological polar surface area (TPSA) is 85.0 Å². The van der Waals surface area contributed by atoms with Crippen LogP contribution in [0.15, 0.2) is 12.3 Å². The van der Waals surface area contributed by atoms with E-state index in [9.17, 15) is 8.78 Å². The lowest BCUT2D eigenvalue weighted by Crippen LogP contribution is -2.39. The quantitative estimate of drug-likeness (QED) is 0.899. The van der Waals surface area contributed by atoms with Crippen molar-refractivity contribution in [2.75, 3.05) is 18.5 Å². The molecule has 0 bridgehead atoms. The van der Waals surface area contributed by atoms with Gasteiger partial charge in [-0.3, -0.25) is 0 Å². The van der Waals surface area contributed by atoms with Crippen molar-refractivity contribution in [1.82, 2.24) is 14.5 Å². The molecule has 1 N–H and O–H groups in total. The number of halogens is 2. The predicted octanol–water partition coefficient (Wildman–Crippen LogP) is 2.67. The van der Waals surface area contributed by atoms with Crippen molar-refractivity contribution in [3.8, 4) is 6.07 Å². The molecule has 3 heterocycles. The first kappa shape index (κ1) is 17.1. The van der Waals surface area contributed by atoms with E-state index >= 15 is 0 Å². The Morgan fingerprint density at radius 1 is 1.35 bits per heavy atom. The molecule has 1 aliphatic heterocycles. The van der Waals surface area contributed by atoms with Gasteiger partial charge in [-0.25, -0.2) is 18.7 Å². The summed E-state index contributed by atoms with van der Waals surface area (Å²) in [4.78, 5) is 8.38. The molecule has 0 atom stereocenters. The second kappa shape index (κ2) is 6.78. The Morgan fingerprint density at radius 3 is 2.73 bits per heavy atom. The smallest absolute Gasteiger partial charge is 0.256 e. The van der Waals surface area contributed by atoms with Gasteiger partial charge in [-0.2, -0.15) is 5.26 Å². The molecule has 0 amide bonds. The van der Waals surface area contributed by atoms with Gasteiger partial charge in [0, 0.05) is 24.9 Å². The molecule has 2 aromatic rings. The van der Waals surface area contributed by atoms with E-state index in [2.05, 4.69) is 15.3 Å². The van der Waals surface area contributed by atoms with Crippen LogP contribution in [0.25, 0.3) is 11.0 Å². The van der Waals surface area contributed by atoms with Crippen LogP contribution in [0.5, 0.6) is 0 Å². The van der Waals surface area contributed by atoms with Crippen LogP contribution in [0.4, 0.5) is 14.6 Å². The highest BCUT2D eigenvalue weighted by Gasteiger charge is 2.40. The number of rotatable bonds is 4. The molecule has 2 fully saturated rings. The van der Waals surface area contributed by atoms with E-state index in [-0.39, 0.29) is 11.9 Å². The average Bonchev–Trinajstić information content (AvgIpc) is 3.22. The van der Waals surface area contributed by atoms with E-state index in [1.54, 1.807) is 6.07 Å². The summed E-state index contributed by atoms with van der Waals surface area (Å²) in [6, 6.07) is 3.75. The van der Waals surface area contributed by atoms with Gasteiger partial charge in [0.05, 0.1) is 31.5 Å². The third kappa shape index (κ3) is 3.22. The van der Waals surface area contributed by atoms with Gasteiger partial charge in [0.25, 0.3) is 6.43 Å². The van der Waals surface area contributed by atoms with E-state index in [4.69, 9.17) is 14.7 Å². The lowest BCUT2D eigenvalue weighted by atomic mass is 9.90. The summed E-state index contributed by atoms with van der Waals surface area (Å²) >= 11 is 0. The Hall–Kier alpha value is -2.31. The Balaban J connectivity index is 1.51. The Kier molecular flexibility index (Phi) is 4.46. The van der Waals surface area contributed by atoms with E-state index in [1.165, 1.54) is 10.8 Å². The SMILES string of the molecule is N#Cc1nc2cnc(NC3CCC4(CC3)OCCO4)cc2n1CC(F)F. The fourth-order valence-electron chi connectivity index (χ4n) is 3.71. The van der Waals surface area contributed by atoms with Gasteiger partial charge in [-0.15, -0.1) is 0 Å². The van der Waals surface area contributed by atoms with Gasteiger partial charge < -0.3 is 19.4 Å². The summed E-state index contributed by atoms with van der Waals surface area (Å²) < 4.78 is 38.4. The second-order valence-corrected chi connectivity index (χ2v) is 6.63. The third-order valence-corrected chi connectivity index (χ3v) is 4.97.